The van der Waals surface area contributed by atoms with Crippen molar-refractivity contribution in [3.63, 3.8) is 0 Å². The van der Waals surface area contributed by atoms with E-state index in [4.69, 9.17) is 0 Å². The normalized spacial score (nSPS) is 9.44. The van der Waals surface area contributed by atoms with Crippen LogP contribution in [0.25, 0.3) is 0 Å². The first-order valence-corrected chi connectivity index (χ1v) is 2.46. The molecule has 4 nitrogen and oxygen atoms in total. The summed E-state index contributed by atoms with van der Waals surface area (Å²) >= 11 is 0. The Kier molecular flexibility index (Phi) is 1.60. The SMILES string of the molecule is [O]Cc1nccc[n+]1[O-]. The highest BCUT2D eigenvalue weighted by molar-refractivity contribution is 4.77. The second-order valence-corrected chi connectivity index (χ2v) is 1.51. The third-order valence-corrected chi connectivity index (χ3v) is 0.915. The molecule has 0 N–H and O–H groups in total. The zero-order valence-electron chi connectivity index (χ0n) is 4.65. The molecule has 0 aliphatic rings. The van der Waals surface area contributed by atoms with Crippen LogP contribution in [0.1, 0.15) is 5.82 Å². The molecule has 1 heterocycles. The summed E-state index contributed by atoms with van der Waals surface area (Å²) in [5.41, 5.74) is 0. The minimum absolute atomic E-state index is 0.0116. The maximum absolute atomic E-state index is 10.5. The molecule has 0 amide bonds. The topological polar surface area (TPSA) is 59.7 Å². The monoisotopic (exact) mass is 125 g/mol. The van der Waals surface area contributed by atoms with Crippen LogP contribution in [0.4, 0.5) is 0 Å². The zero-order chi connectivity index (χ0) is 6.69. The molecule has 0 bridgehead atoms. The molecule has 0 aromatic carbocycles. The number of hydrogen-bond donors (Lipinski definition) is 0. The summed E-state index contributed by atoms with van der Waals surface area (Å²) in [6.45, 7) is -0.565. The first kappa shape index (κ1) is 5.97. The number of aromatic nitrogens is 2. The van der Waals surface area contributed by atoms with E-state index >= 15 is 0 Å². The van der Waals surface area contributed by atoms with Gasteiger partial charge in [-0.1, -0.05) is 4.98 Å². The Labute approximate surface area is 52.0 Å². The summed E-state index contributed by atoms with van der Waals surface area (Å²) in [6, 6.07) is 1.48. The van der Waals surface area contributed by atoms with Crippen molar-refractivity contribution in [2.45, 2.75) is 6.61 Å². The van der Waals surface area contributed by atoms with Crippen LogP contribution in [0.3, 0.4) is 0 Å². The molecule has 0 fully saturated rings. The standard InChI is InChI=1S/C5H5N2O2/c8-4-5-6-2-1-3-7(5)9/h1-3H,4H2. The van der Waals surface area contributed by atoms with Gasteiger partial charge in [0, 0.05) is 6.07 Å². The van der Waals surface area contributed by atoms with Crippen molar-refractivity contribution >= 4 is 0 Å². The molecule has 1 aromatic rings. The fraction of sp³-hybridized carbons (Fsp3) is 0.200. The molecular formula is C5H5N2O2. The summed E-state index contributed by atoms with van der Waals surface area (Å²) in [5, 5.41) is 20.6. The van der Waals surface area contributed by atoms with Gasteiger partial charge in [0.15, 0.2) is 6.61 Å². The predicted molar refractivity (Wildman–Crippen MR) is 27.6 cm³/mol. The Hall–Kier alpha value is -1.16. The molecule has 0 spiro atoms. The fourth-order valence-corrected chi connectivity index (χ4v) is 0.490. The van der Waals surface area contributed by atoms with Crippen molar-refractivity contribution in [2.75, 3.05) is 0 Å². The lowest BCUT2D eigenvalue weighted by Crippen LogP contribution is -2.31. The van der Waals surface area contributed by atoms with E-state index in [1.807, 2.05) is 0 Å². The number of nitrogens with zero attached hydrogens (tertiary/aromatic N) is 2. The van der Waals surface area contributed by atoms with Gasteiger partial charge in [0.1, 0.15) is 6.20 Å². The second kappa shape index (κ2) is 2.41. The van der Waals surface area contributed by atoms with Crippen molar-refractivity contribution in [3.05, 3.63) is 29.5 Å². The van der Waals surface area contributed by atoms with E-state index in [2.05, 4.69) is 4.98 Å². The molecule has 1 radical (unpaired) electrons. The van der Waals surface area contributed by atoms with Crippen molar-refractivity contribution in [1.29, 1.82) is 0 Å². The van der Waals surface area contributed by atoms with E-state index in [0.717, 1.165) is 0 Å². The average molecular weight is 125 g/mol. The molecule has 1 aromatic heterocycles. The van der Waals surface area contributed by atoms with Gasteiger partial charge in [-0.05, 0) is 0 Å². The molecule has 0 saturated carbocycles. The summed E-state index contributed by atoms with van der Waals surface area (Å²) in [7, 11) is 0. The van der Waals surface area contributed by atoms with Crippen LogP contribution < -0.4 is 4.73 Å². The van der Waals surface area contributed by atoms with E-state index in [0.29, 0.717) is 4.73 Å². The van der Waals surface area contributed by atoms with Gasteiger partial charge in [0.05, 0.1) is 6.20 Å². The van der Waals surface area contributed by atoms with E-state index in [1.165, 1.54) is 18.5 Å². The lowest BCUT2D eigenvalue weighted by atomic mass is 10.6. The predicted octanol–water partition coefficient (Wildman–Crippen LogP) is -0.355. The number of hydrogen-bond acceptors (Lipinski definition) is 2. The van der Waals surface area contributed by atoms with E-state index in [9.17, 15) is 10.3 Å². The molecule has 4 heteroatoms. The van der Waals surface area contributed by atoms with Crippen molar-refractivity contribution in [1.82, 2.24) is 4.98 Å². The second-order valence-electron chi connectivity index (χ2n) is 1.51. The summed E-state index contributed by atoms with van der Waals surface area (Å²) in [6.07, 6.45) is 2.67. The minimum atomic E-state index is -0.565. The lowest BCUT2D eigenvalue weighted by molar-refractivity contribution is -0.620. The molecular weight excluding hydrogens is 120 g/mol. The highest BCUT2D eigenvalue weighted by Gasteiger charge is 2.01. The highest BCUT2D eigenvalue weighted by Crippen LogP contribution is 1.81. The quantitative estimate of drug-likeness (QED) is 0.380. The van der Waals surface area contributed by atoms with Gasteiger partial charge in [0.25, 0.3) is 0 Å². The summed E-state index contributed by atoms with van der Waals surface area (Å²) in [4.78, 5) is 3.53. The van der Waals surface area contributed by atoms with Gasteiger partial charge in [-0.2, -0.15) is 0 Å². The Bertz CT molecular complexity index is 202. The van der Waals surface area contributed by atoms with Crippen LogP contribution in [0.2, 0.25) is 0 Å². The van der Waals surface area contributed by atoms with E-state index in [1.54, 1.807) is 0 Å². The van der Waals surface area contributed by atoms with E-state index in [-0.39, 0.29) is 5.82 Å². The van der Waals surface area contributed by atoms with Crippen LogP contribution in [0, 0.1) is 5.21 Å². The van der Waals surface area contributed by atoms with Crippen molar-refractivity contribution < 1.29 is 9.84 Å². The molecule has 9 heavy (non-hydrogen) atoms. The third kappa shape index (κ3) is 1.14. The smallest absolute Gasteiger partial charge is 0.330 e. The summed E-state index contributed by atoms with van der Waals surface area (Å²) < 4.78 is 0.465. The molecule has 1 rings (SSSR count). The maximum atomic E-state index is 10.5. The Morgan fingerprint density at radius 2 is 2.56 bits per heavy atom. The molecule has 0 aliphatic carbocycles. The van der Waals surface area contributed by atoms with Crippen molar-refractivity contribution in [3.8, 4) is 0 Å². The highest BCUT2D eigenvalue weighted by atomic mass is 16.5. The molecule has 0 atom stereocenters. The average Bonchev–Trinajstić information content (AvgIpc) is 1.89. The van der Waals surface area contributed by atoms with E-state index < -0.39 is 6.61 Å². The van der Waals surface area contributed by atoms with Gasteiger partial charge in [-0.25, -0.2) is 9.84 Å². The van der Waals surface area contributed by atoms with Gasteiger partial charge in [0.2, 0.25) is 0 Å². The Balaban J connectivity index is 3.01. The van der Waals surface area contributed by atoms with Gasteiger partial charge >= 0.3 is 5.82 Å². The Morgan fingerprint density at radius 3 is 3.00 bits per heavy atom. The fourth-order valence-electron chi connectivity index (χ4n) is 0.490. The van der Waals surface area contributed by atoms with Crippen LogP contribution in [0.15, 0.2) is 18.5 Å². The first-order valence-electron chi connectivity index (χ1n) is 2.46. The molecule has 47 valence electrons. The molecule has 0 unspecified atom stereocenters. The van der Waals surface area contributed by atoms with Crippen LogP contribution >= 0.6 is 0 Å². The molecule has 0 saturated heterocycles. The maximum Gasteiger partial charge on any atom is 0.330 e. The lowest BCUT2D eigenvalue weighted by Gasteiger charge is -1.99. The van der Waals surface area contributed by atoms with Crippen LogP contribution in [-0.4, -0.2) is 4.98 Å². The Morgan fingerprint density at radius 1 is 1.78 bits per heavy atom. The molecule has 0 aliphatic heterocycles. The largest absolute Gasteiger partial charge is 0.711 e. The van der Waals surface area contributed by atoms with Gasteiger partial charge in [-0.15, -0.1) is 0 Å². The van der Waals surface area contributed by atoms with Crippen LogP contribution in [0.5, 0.6) is 0 Å². The van der Waals surface area contributed by atoms with Crippen LogP contribution in [-0.2, 0) is 11.7 Å². The van der Waals surface area contributed by atoms with Crippen molar-refractivity contribution in [2.24, 2.45) is 0 Å². The van der Waals surface area contributed by atoms with Gasteiger partial charge < -0.3 is 5.21 Å². The first-order chi connectivity index (χ1) is 4.34. The zero-order valence-corrected chi connectivity index (χ0v) is 4.65. The minimum Gasteiger partial charge on any atom is -0.711 e. The van der Waals surface area contributed by atoms with Gasteiger partial charge in [-0.3, -0.25) is 0 Å². The third-order valence-electron chi connectivity index (χ3n) is 0.915. The summed E-state index contributed by atoms with van der Waals surface area (Å²) in [5.74, 6) is 0.0116. The number of rotatable bonds is 1.